The second-order valence-corrected chi connectivity index (χ2v) is 7.22. The van der Waals surface area contributed by atoms with E-state index >= 15 is 0 Å². The molecule has 0 radical (unpaired) electrons. The molecule has 7 heteroatoms. The molecule has 3 aromatic rings. The number of carbonyl (C=O) groups is 1. The van der Waals surface area contributed by atoms with Crippen molar-refractivity contribution in [3.05, 3.63) is 59.0 Å². The van der Waals surface area contributed by atoms with Crippen LogP contribution in [0.4, 0.5) is 4.39 Å². The number of aromatic amines is 1. The van der Waals surface area contributed by atoms with Crippen molar-refractivity contribution in [1.82, 2.24) is 10.3 Å². The summed E-state index contributed by atoms with van der Waals surface area (Å²) >= 11 is 6.35. The molecule has 0 aliphatic carbocycles. The summed E-state index contributed by atoms with van der Waals surface area (Å²) in [6, 6.07) is 11.0. The summed E-state index contributed by atoms with van der Waals surface area (Å²) in [5.41, 5.74) is 8.09. The number of fused-ring (bicyclic) bond motifs is 1. The van der Waals surface area contributed by atoms with E-state index in [1.807, 2.05) is 13.0 Å². The van der Waals surface area contributed by atoms with Crippen LogP contribution in [0.5, 0.6) is 0 Å². The van der Waals surface area contributed by atoms with Crippen molar-refractivity contribution >= 4 is 28.4 Å². The molecule has 5 nitrogen and oxygen atoms in total. The fraction of sp³-hybridized carbons (Fsp3) is 0.286. The molecule has 3 rings (SSSR count). The lowest BCUT2D eigenvalue weighted by molar-refractivity contribution is 0.0940. The molecule has 28 heavy (non-hydrogen) atoms. The smallest absolute Gasteiger partial charge is 0.268 e. The van der Waals surface area contributed by atoms with Gasteiger partial charge in [-0.15, -0.1) is 0 Å². The van der Waals surface area contributed by atoms with E-state index in [4.69, 9.17) is 17.3 Å². The number of nitrogens with two attached hydrogens (primary N) is 1. The van der Waals surface area contributed by atoms with E-state index in [1.165, 1.54) is 12.1 Å². The zero-order valence-corrected chi connectivity index (χ0v) is 16.3. The van der Waals surface area contributed by atoms with E-state index in [0.29, 0.717) is 39.9 Å². The van der Waals surface area contributed by atoms with Gasteiger partial charge in [0.25, 0.3) is 5.91 Å². The summed E-state index contributed by atoms with van der Waals surface area (Å²) in [7, 11) is 0. The number of halogens is 2. The van der Waals surface area contributed by atoms with Crippen LogP contribution in [0.25, 0.3) is 22.0 Å². The number of hydrogen-bond acceptors (Lipinski definition) is 3. The highest BCUT2D eigenvalue weighted by Crippen LogP contribution is 2.36. The minimum atomic E-state index is -0.498. The monoisotopic (exact) mass is 403 g/mol. The molecule has 0 saturated heterocycles. The number of aromatic nitrogens is 1. The van der Waals surface area contributed by atoms with Gasteiger partial charge in [0.1, 0.15) is 11.5 Å². The molecule has 0 aliphatic heterocycles. The summed E-state index contributed by atoms with van der Waals surface area (Å²) in [5, 5.41) is 13.5. The summed E-state index contributed by atoms with van der Waals surface area (Å²) in [4.78, 5) is 15.9. The van der Waals surface area contributed by atoms with Gasteiger partial charge in [0.2, 0.25) is 0 Å². The number of carbonyl (C=O) groups excluding carboxylic acids is 1. The average Bonchev–Trinajstić information content (AvgIpc) is 3.05. The van der Waals surface area contributed by atoms with Crippen LogP contribution in [-0.2, 0) is 0 Å². The number of aliphatic hydroxyl groups is 1. The normalized spacial score (nSPS) is 13.5. The number of benzene rings is 2. The van der Waals surface area contributed by atoms with Gasteiger partial charge in [0.15, 0.2) is 0 Å². The molecule has 0 bridgehead atoms. The zero-order chi connectivity index (χ0) is 20.3. The van der Waals surface area contributed by atoms with Gasteiger partial charge >= 0.3 is 0 Å². The van der Waals surface area contributed by atoms with E-state index in [0.717, 1.165) is 0 Å². The van der Waals surface area contributed by atoms with Crippen LogP contribution in [0.2, 0.25) is 5.02 Å². The molecular formula is C21H23ClFN3O2. The van der Waals surface area contributed by atoms with E-state index in [2.05, 4.69) is 10.3 Å². The average molecular weight is 404 g/mol. The number of rotatable bonds is 7. The lowest BCUT2D eigenvalue weighted by Crippen LogP contribution is -2.39. The van der Waals surface area contributed by atoms with Crippen molar-refractivity contribution < 1.29 is 14.3 Å². The Morgan fingerprint density at radius 3 is 2.79 bits per heavy atom. The van der Waals surface area contributed by atoms with Gasteiger partial charge in [-0.25, -0.2) is 4.39 Å². The fourth-order valence-corrected chi connectivity index (χ4v) is 3.42. The summed E-state index contributed by atoms with van der Waals surface area (Å²) in [5.74, 6) is -0.768. The molecule has 1 amide bonds. The molecule has 1 unspecified atom stereocenters. The Bertz CT molecular complexity index is 989. The molecule has 1 aromatic heterocycles. The van der Waals surface area contributed by atoms with Crippen LogP contribution in [0.1, 0.15) is 30.3 Å². The lowest BCUT2D eigenvalue weighted by atomic mass is 10.0. The predicted molar refractivity (Wildman–Crippen MR) is 110 cm³/mol. The van der Waals surface area contributed by atoms with Gasteiger partial charge in [-0.1, -0.05) is 36.7 Å². The first kappa shape index (κ1) is 20.3. The number of amides is 1. The van der Waals surface area contributed by atoms with Gasteiger partial charge < -0.3 is 21.1 Å². The van der Waals surface area contributed by atoms with Crippen LogP contribution in [-0.4, -0.2) is 34.7 Å². The first-order chi connectivity index (χ1) is 13.4. The second-order valence-electron chi connectivity index (χ2n) is 6.81. The van der Waals surface area contributed by atoms with Crippen molar-refractivity contribution in [2.45, 2.75) is 31.9 Å². The minimum Gasteiger partial charge on any atom is -0.393 e. The van der Waals surface area contributed by atoms with Crippen LogP contribution in [0.15, 0.2) is 42.5 Å². The molecule has 0 spiro atoms. The predicted octanol–water partition coefficient (Wildman–Crippen LogP) is 3.85. The third kappa shape index (κ3) is 4.35. The number of H-pyrrole nitrogens is 1. The molecule has 1 heterocycles. The molecule has 148 valence electrons. The van der Waals surface area contributed by atoms with Crippen LogP contribution in [0.3, 0.4) is 0 Å². The van der Waals surface area contributed by atoms with Crippen molar-refractivity contribution in [1.29, 1.82) is 0 Å². The molecule has 2 aromatic carbocycles. The summed E-state index contributed by atoms with van der Waals surface area (Å²) < 4.78 is 13.9. The highest BCUT2D eigenvalue weighted by molar-refractivity contribution is 6.34. The first-order valence-corrected chi connectivity index (χ1v) is 9.56. The Morgan fingerprint density at radius 1 is 1.32 bits per heavy atom. The maximum absolute atomic E-state index is 13.9. The molecular weight excluding hydrogens is 381 g/mol. The topological polar surface area (TPSA) is 91.1 Å². The minimum absolute atomic E-state index is 0.210. The van der Waals surface area contributed by atoms with Gasteiger partial charge in [-0.2, -0.15) is 0 Å². The highest BCUT2D eigenvalue weighted by Gasteiger charge is 2.22. The summed E-state index contributed by atoms with van der Waals surface area (Å²) in [6.07, 6.45) is 0.499. The van der Waals surface area contributed by atoms with Gasteiger partial charge in [-0.3, -0.25) is 4.79 Å². The first-order valence-electron chi connectivity index (χ1n) is 9.18. The van der Waals surface area contributed by atoms with Crippen molar-refractivity contribution in [2.75, 3.05) is 6.54 Å². The van der Waals surface area contributed by atoms with E-state index in [1.54, 1.807) is 24.3 Å². The largest absolute Gasteiger partial charge is 0.393 e. The van der Waals surface area contributed by atoms with Crippen molar-refractivity contribution in [2.24, 2.45) is 5.73 Å². The van der Waals surface area contributed by atoms with Gasteiger partial charge in [-0.05, 0) is 37.1 Å². The van der Waals surface area contributed by atoms with Gasteiger partial charge in [0.05, 0.1) is 6.10 Å². The Balaban J connectivity index is 1.95. The van der Waals surface area contributed by atoms with Crippen molar-refractivity contribution in [3.63, 3.8) is 0 Å². The fourth-order valence-electron chi connectivity index (χ4n) is 3.19. The Kier molecular flexibility index (Phi) is 6.34. The number of aliphatic hydroxyl groups excluding tert-OH is 1. The lowest BCUT2D eigenvalue weighted by Gasteiger charge is -2.16. The standard InChI is InChI=1S/C21H23ClFN3O2/c1-2-14(27)10-13(24)11-25-21(28)20-19(15-5-3-4-6-17(15)22)16-9-12(23)7-8-18(16)26-20/h3-9,13-14,26-27H,2,10-11,24H2,1H3,(H,25,28)/t13-,14?/m0/s1. The van der Waals surface area contributed by atoms with Gasteiger partial charge in [0, 0.05) is 39.6 Å². The highest BCUT2D eigenvalue weighted by atomic mass is 35.5. The Morgan fingerprint density at radius 2 is 2.07 bits per heavy atom. The molecule has 0 saturated carbocycles. The van der Waals surface area contributed by atoms with Crippen molar-refractivity contribution in [3.8, 4) is 11.1 Å². The maximum Gasteiger partial charge on any atom is 0.268 e. The molecule has 5 N–H and O–H groups in total. The van der Waals surface area contributed by atoms with Crippen LogP contribution < -0.4 is 11.1 Å². The summed E-state index contributed by atoms with van der Waals surface area (Å²) in [6.45, 7) is 2.08. The number of nitrogens with one attached hydrogen (secondary N) is 2. The third-order valence-electron chi connectivity index (χ3n) is 4.70. The van der Waals surface area contributed by atoms with E-state index in [9.17, 15) is 14.3 Å². The zero-order valence-electron chi connectivity index (χ0n) is 15.5. The third-order valence-corrected chi connectivity index (χ3v) is 5.03. The number of hydrogen-bond donors (Lipinski definition) is 4. The van der Waals surface area contributed by atoms with E-state index < -0.39 is 11.9 Å². The maximum atomic E-state index is 13.9. The Hall–Kier alpha value is -2.41. The quantitative estimate of drug-likeness (QED) is 0.483. The molecule has 0 aliphatic rings. The van der Waals surface area contributed by atoms with Crippen LogP contribution in [0, 0.1) is 5.82 Å². The molecule has 2 atom stereocenters. The SMILES string of the molecule is CCC(O)C[C@H](N)CNC(=O)c1[nH]c2ccc(F)cc2c1-c1ccccc1Cl. The van der Waals surface area contributed by atoms with E-state index in [-0.39, 0.29) is 24.2 Å². The second kappa shape index (κ2) is 8.73. The molecule has 0 fully saturated rings. The van der Waals surface area contributed by atoms with Crippen LogP contribution >= 0.6 is 11.6 Å². The Labute approximate surface area is 167 Å².